The lowest BCUT2D eigenvalue weighted by atomic mass is 10.3. The second-order valence-corrected chi connectivity index (χ2v) is 9.36. The molecule has 0 unspecified atom stereocenters. The van der Waals surface area contributed by atoms with Crippen LogP contribution in [0.3, 0.4) is 0 Å². The minimum Gasteiger partial charge on any atom is -0.482 e. The fourth-order valence-electron chi connectivity index (χ4n) is 2.89. The van der Waals surface area contributed by atoms with Crippen molar-refractivity contribution in [1.82, 2.24) is 9.21 Å². The number of sulfonamides is 1. The van der Waals surface area contributed by atoms with Crippen molar-refractivity contribution >= 4 is 37.8 Å². The maximum atomic E-state index is 12.6. The van der Waals surface area contributed by atoms with Gasteiger partial charge in [-0.15, -0.1) is 0 Å². The van der Waals surface area contributed by atoms with Crippen LogP contribution in [-0.4, -0.2) is 68.9 Å². The molecule has 1 heterocycles. The van der Waals surface area contributed by atoms with Crippen LogP contribution >= 0.6 is 15.9 Å². The first kappa shape index (κ1) is 22.3. The Balaban J connectivity index is 1.42. The highest BCUT2D eigenvalue weighted by Crippen LogP contribution is 2.18. The maximum absolute atomic E-state index is 12.6. The van der Waals surface area contributed by atoms with Crippen molar-refractivity contribution in [2.24, 2.45) is 0 Å². The fourth-order valence-corrected chi connectivity index (χ4v) is 4.72. The lowest BCUT2D eigenvalue weighted by molar-refractivity contribution is -0.154. The third-order valence-corrected chi connectivity index (χ3v) is 6.89. The molecule has 1 aliphatic rings. The topological polar surface area (TPSA) is 93.2 Å². The highest BCUT2D eigenvalue weighted by molar-refractivity contribution is 9.10. The summed E-state index contributed by atoms with van der Waals surface area (Å²) in [5.41, 5.74) is 0. The van der Waals surface area contributed by atoms with Crippen LogP contribution in [0.2, 0.25) is 0 Å². The molecule has 10 heteroatoms. The van der Waals surface area contributed by atoms with Crippen molar-refractivity contribution in [3.05, 3.63) is 59.1 Å². The summed E-state index contributed by atoms with van der Waals surface area (Å²) >= 11 is 3.31. The zero-order chi connectivity index (χ0) is 21.6. The molecular formula is C20H21BrN2O6S. The van der Waals surface area contributed by atoms with E-state index in [-0.39, 0.29) is 43.6 Å². The fraction of sp³-hybridized carbons (Fsp3) is 0.300. The van der Waals surface area contributed by atoms with E-state index in [4.69, 9.17) is 9.47 Å². The molecule has 0 aromatic heterocycles. The van der Waals surface area contributed by atoms with Gasteiger partial charge in [-0.25, -0.2) is 13.2 Å². The maximum Gasteiger partial charge on any atom is 0.344 e. The monoisotopic (exact) mass is 496 g/mol. The van der Waals surface area contributed by atoms with E-state index in [2.05, 4.69) is 15.9 Å². The Morgan fingerprint density at radius 3 is 2.30 bits per heavy atom. The number of ether oxygens (including phenoxy) is 2. The summed E-state index contributed by atoms with van der Waals surface area (Å²) in [6.07, 6.45) is 0. The number of nitrogens with zero attached hydrogens (tertiary/aromatic N) is 2. The number of hydrogen-bond donors (Lipinski definition) is 0. The Labute approximate surface area is 183 Å². The van der Waals surface area contributed by atoms with E-state index in [1.807, 2.05) is 6.07 Å². The summed E-state index contributed by atoms with van der Waals surface area (Å²) in [7, 11) is -3.58. The Morgan fingerprint density at radius 2 is 1.63 bits per heavy atom. The van der Waals surface area contributed by atoms with Gasteiger partial charge >= 0.3 is 5.97 Å². The van der Waals surface area contributed by atoms with E-state index < -0.39 is 22.6 Å². The number of esters is 1. The van der Waals surface area contributed by atoms with Gasteiger partial charge in [0.15, 0.2) is 13.2 Å². The zero-order valence-corrected chi connectivity index (χ0v) is 18.5. The molecule has 8 nitrogen and oxygen atoms in total. The third kappa shape index (κ3) is 5.80. The molecular weight excluding hydrogens is 476 g/mol. The molecule has 0 aliphatic carbocycles. The molecule has 160 valence electrons. The van der Waals surface area contributed by atoms with E-state index in [1.165, 1.54) is 9.21 Å². The second kappa shape index (κ2) is 10.1. The molecule has 1 amide bonds. The second-order valence-electron chi connectivity index (χ2n) is 6.50. The molecule has 0 spiro atoms. The summed E-state index contributed by atoms with van der Waals surface area (Å²) < 4.78 is 37.7. The van der Waals surface area contributed by atoms with Gasteiger partial charge in [0.2, 0.25) is 10.0 Å². The van der Waals surface area contributed by atoms with Crippen LogP contribution in [0.25, 0.3) is 0 Å². The number of amides is 1. The Hall–Kier alpha value is -2.43. The van der Waals surface area contributed by atoms with E-state index in [0.29, 0.717) is 5.75 Å². The van der Waals surface area contributed by atoms with Crippen LogP contribution in [0.15, 0.2) is 64.0 Å². The molecule has 1 fully saturated rings. The summed E-state index contributed by atoms with van der Waals surface area (Å²) in [5, 5.41) is 0. The van der Waals surface area contributed by atoms with Crippen LogP contribution in [0, 0.1) is 0 Å². The summed E-state index contributed by atoms with van der Waals surface area (Å²) in [6, 6.07) is 15.2. The number of hydrogen-bond acceptors (Lipinski definition) is 6. The van der Waals surface area contributed by atoms with E-state index in [9.17, 15) is 18.0 Å². The van der Waals surface area contributed by atoms with Crippen molar-refractivity contribution in [3.8, 4) is 5.75 Å². The highest BCUT2D eigenvalue weighted by atomic mass is 79.9. The summed E-state index contributed by atoms with van der Waals surface area (Å²) in [6.45, 7) is 0.110. The molecule has 2 aromatic carbocycles. The number of rotatable bonds is 7. The molecule has 0 saturated carbocycles. The Bertz CT molecular complexity index is 991. The van der Waals surface area contributed by atoms with Crippen molar-refractivity contribution < 1.29 is 27.5 Å². The standard InChI is InChI=1S/C20H21BrN2O6S/c21-16-5-4-6-17(13-16)28-15-20(25)29-14-19(24)22-9-11-23(12-10-22)30(26,27)18-7-2-1-3-8-18/h1-8,13H,9-12,14-15H2. The quantitative estimate of drug-likeness (QED) is 0.543. The molecule has 1 aliphatic heterocycles. The first-order valence-corrected chi connectivity index (χ1v) is 11.5. The molecule has 3 rings (SSSR count). The average molecular weight is 497 g/mol. The van der Waals surface area contributed by atoms with Crippen LogP contribution < -0.4 is 4.74 Å². The average Bonchev–Trinajstić information content (AvgIpc) is 2.77. The van der Waals surface area contributed by atoms with Crippen LogP contribution in [0.5, 0.6) is 5.75 Å². The van der Waals surface area contributed by atoms with Crippen LogP contribution in [0.4, 0.5) is 0 Å². The van der Waals surface area contributed by atoms with Gasteiger partial charge in [-0.3, -0.25) is 4.79 Å². The predicted molar refractivity (Wildman–Crippen MR) is 112 cm³/mol. The third-order valence-electron chi connectivity index (χ3n) is 4.48. The van der Waals surface area contributed by atoms with E-state index in [0.717, 1.165) is 4.47 Å². The number of piperazine rings is 1. The van der Waals surface area contributed by atoms with Gasteiger partial charge < -0.3 is 14.4 Å². The highest BCUT2D eigenvalue weighted by Gasteiger charge is 2.30. The Kier molecular flexibility index (Phi) is 7.46. The van der Waals surface area contributed by atoms with Gasteiger partial charge in [-0.05, 0) is 30.3 Å². The van der Waals surface area contributed by atoms with Crippen molar-refractivity contribution in [1.29, 1.82) is 0 Å². The molecule has 1 saturated heterocycles. The molecule has 30 heavy (non-hydrogen) atoms. The van der Waals surface area contributed by atoms with Gasteiger partial charge in [0.25, 0.3) is 5.91 Å². The van der Waals surface area contributed by atoms with Crippen molar-refractivity contribution in [3.63, 3.8) is 0 Å². The molecule has 0 N–H and O–H groups in total. The van der Waals surface area contributed by atoms with E-state index >= 15 is 0 Å². The van der Waals surface area contributed by atoms with Crippen LogP contribution in [-0.2, 0) is 24.3 Å². The molecule has 0 atom stereocenters. The normalized spacial score (nSPS) is 14.9. The van der Waals surface area contributed by atoms with Gasteiger partial charge in [0.05, 0.1) is 4.90 Å². The minimum atomic E-state index is -3.58. The van der Waals surface area contributed by atoms with Gasteiger partial charge in [0.1, 0.15) is 5.75 Å². The van der Waals surface area contributed by atoms with Gasteiger partial charge in [0, 0.05) is 30.7 Å². The number of carbonyl (C=O) groups excluding carboxylic acids is 2. The summed E-state index contributed by atoms with van der Waals surface area (Å²) in [5.74, 6) is -0.528. The first-order chi connectivity index (χ1) is 14.4. The Morgan fingerprint density at radius 1 is 0.933 bits per heavy atom. The smallest absolute Gasteiger partial charge is 0.344 e. The van der Waals surface area contributed by atoms with Gasteiger partial charge in [-0.2, -0.15) is 4.31 Å². The molecule has 2 aromatic rings. The lowest BCUT2D eigenvalue weighted by Gasteiger charge is -2.33. The molecule has 0 bridgehead atoms. The van der Waals surface area contributed by atoms with E-state index in [1.54, 1.807) is 48.5 Å². The zero-order valence-electron chi connectivity index (χ0n) is 16.1. The van der Waals surface area contributed by atoms with Crippen molar-refractivity contribution in [2.45, 2.75) is 4.90 Å². The number of carbonyl (C=O) groups is 2. The molecule has 0 radical (unpaired) electrons. The lowest BCUT2D eigenvalue weighted by Crippen LogP contribution is -2.51. The minimum absolute atomic E-state index is 0.183. The first-order valence-electron chi connectivity index (χ1n) is 9.23. The van der Waals surface area contributed by atoms with Crippen LogP contribution in [0.1, 0.15) is 0 Å². The van der Waals surface area contributed by atoms with Gasteiger partial charge in [-0.1, -0.05) is 40.2 Å². The number of halogens is 1. The SMILES string of the molecule is O=C(COc1cccc(Br)c1)OCC(=O)N1CCN(S(=O)(=O)c2ccccc2)CC1. The van der Waals surface area contributed by atoms with Crippen molar-refractivity contribution in [2.75, 3.05) is 39.4 Å². The predicted octanol–water partition coefficient (Wildman–Crippen LogP) is 1.90. The summed E-state index contributed by atoms with van der Waals surface area (Å²) in [4.78, 5) is 25.8. The number of benzene rings is 2. The largest absolute Gasteiger partial charge is 0.482 e.